The first-order valence-corrected chi connectivity index (χ1v) is 6.93. The van der Waals surface area contributed by atoms with Gasteiger partial charge in [0.15, 0.2) is 11.5 Å². The quantitative estimate of drug-likeness (QED) is 0.606. The van der Waals surface area contributed by atoms with Crippen LogP contribution < -0.4 is 25.7 Å². The standard InChI is InChI=1S/C14H18N2O6/c1-18-12(17)8-2-3-9(20-13(15)16)11-10(8)21-14(22-11)4-6-19-7-5-14/h2-3,13H,4-7,15-16H2,1H3. The maximum Gasteiger partial charge on any atom is 0.341 e. The molecule has 4 N–H and O–H groups in total. The van der Waals surface area contributed by atoms with Crippen LogP contribution in [0.2, 0.25) is 0 Å². The zero-order valence-corrected chi connectivity index (χ0v) is 12.2. The Morgan fingerprint density at radius 3 is 2.55 bits per heavy atom. The second-order valence-corrected chi connectivity index (χ2v) is 5.07. The summed E-state index contributed by atoms with van der Waals surface area (Å²) in [6.07, 6.45) is 0.0650. The highest BCUT2D eigenvalue weighted by Crippen LogP contribution is 2.50. The second kappa shape index (κ2) is 5.64. The van der Waals surface area contributed by atoms with Gasteiger partial charge in [0.2, 0.25) is 12.1 Å². The fraction of sp³-hybridized carbons (Fsp3) is 0.500. The Labute approximate surface area is 127 Å². The summed E-state index contributed by atoms with van der Waals surface area (Å²) in [5.41, 5.74) is 11.2. The molecule has 22 heavy (non-hydrogen) atoms. The molecule has 0 aliphatic carbocycles. The number of rotatable bonds is 3. The van der Waals surface area contributed by atoms with E-state index in [9.17, 15) is 4.79 Å². The van der Waals surface area contributed by atoms with Gasteiger partial charge < -0.3 is 23.7 Å². The monoisotopic (exact) mass is 310 g/mol. The van der Waals surface area contributed by atoms with E-state index in [1.54, 1.807) is 6.07 Å². The molecule has 2 aliphatic rings. The molecule has 0 bridgehead atoms. The van der Waals surface area contributed by atoms with Crippen molar-refractivity contribution in [3.63, 3.8) is 0 Å². The summed E-state index contributed by atoms with van der Waals surface area (Å²) >= 11 is 0. The summed E-state index contributed by atoms with van der Waals surface area (Å²) in [7, 11) is 1.30. The van der Waals surface area contributed by atoms with E-state index in [1.165, 1.54) is 13.2 Å². The number of esters is 1. The molecule has 0 radical (unpaired) electrons. The molecule has 120 valence electrons. The molecular formula is C14H18N2O6. The number of benzene rings is 1. The predicted molar refractivity (Wildman–Crippen MR) is 74.6 cm³/mol. The molecule has 2 aliphatic heterocycles. The van der Waals surface area contributed by atoms with Crippen molar-refractivity contribution >= 4 is 5.97 Å². The molecule has 3 rings (SSSR count). The molecule has 8 heteroatoms. The molecule has 1 aromatic carbocycles. The molecule has 0 atom stereocenters. The number of methoxy groups -OCH3 is 1. The summed E-state index contributed by atoms with van der Waals surface area (Å²) in [6.45, 7) is 1.02. The van der Waals surface area contributed by atoms with Gasteiger partial charge in [-0.3, -0.25) is 11.5 Å². The fourth-order valence-corrected chi connectivity index (χ4v) is 2.53. The summed E-state index contributed by atoms with van der Waals surface area (Å²) < 4.78 is 27.3. The van der Waals surface area contributed by atoms with Gasteiger partial charge in [0.1, 0.15) is 5.56 Å². The Balaban J connectivity index is 2.01. The maximum absolute atomic E-state index is 11.9. The van der Waals surface area contributed by atoms with Crippen LogP contribution in [0, 0.1) is 0 Å². The third kappa shape index (κ3) is 2.56. The van der Waals surface area contributed by atoms with Crippen molar-refractivity contribution < 1.29 is 28.5 Å². The highest BCUT2D eigenvalue weighted by Gasteiger charge is 2.46. The second-order valence-electron chi connectivity index (χ2n) is 5.07. The first-order chi connectivity index (χ1) is 10.5. The van der Waals surface area contributed by atoms with Crippen LogP contribution in [0.1, 0.15) is 23.2 Å². The van der Waals surface area contributed by atoms with Crippen LogP contribution in [0.25, 0.3) is 0 Å². The van der Waals surface area contributed by atoms with Crippen LogP contribution >= 0.6 is 0 Å². The van der Waals surface area contributed by atoms with E-state index in [0.717, 1.165) is 0 Å². The number of hydrogen-bond acceptors (Lipinski definition) is 8. The predicted octanol–water partition coefficient (Wildman–Crippen LogP) is 0.331. The molecule has 0 amide bonds. The molecular weight excluding hydrogens is 292 g/mol. The molecule has 8 nitrogen and oxygen atoms in total. The summed E-state index contributed by atoms with van der Waals surface area (Å²) in [4.78, 5) is 11.9. The smallest absolute Gasteiger partial charge is 0.341 e. The highest BCUT2D eigenvalue weighted by atomic mass is 16.7. The SMILES string of the molecule is COC(=O)c1ccc(OC(N)N)c2c1OC1(CCOCC1)O2. The first-order valence-electron chi connectivity index (χ1n) is 6.93. The van der Waals surface area contributed by atoms with Crippen molar-refractivity contribution in [3.05, 3.63) is 17.7 Å². The van der Waals surface area contributed by atoms with E-state index in [0.29, 0.717) is 37.6 Å². The van der Waals surface area contributed by atoms with E-state index in [-0.39, 0.29) is 11.3 Å². The molecule has 1 aromatic rings. The number of hydrogen-bond donors (Lipinski definition) is 2. The van der Waals surface area contributed by atoms with Crippen LogP contribution in [0.3, 0.4) is 0 Å². The number of carbonyl (C=O) groups is 1. The Morgan fingerprint density at radius 2 is 1.91 bits per heavy atom. The zero-order chi connectivity index (χ0) is 15.7. The van der Waals surface area contributed by atoms with E-state index in [2.05, 4.69) is 0 Å². The third-order valence-electron chi connectivity index (χ3n) is 3.58. The van der Waals surface area contributed by atoms with Gasteiger partial charge >= 0.3 is 5.97 Å². The molecule has 2 heterocycles. The van der Waals surface area contributed by atoms with Crippen LogP contribution in [-0.2, 0) is 9.47 Å². The van der Waals surface area contributed by atoms with Crippen LogP contribution in [0.5, 0.6) is 17.2 Å². The minimum absolute atomic E-state index is 0.263. The number of ether oxygens (including phenoxy) is 5. The first kappa shape index (κ1) is 14.9. The Kier molecular flexibility index (Phi) is 3.81. The topological polar surface area (TPSA) is 115 Å². The molecule has 1 fully saturated rings. The molecule has 0 aromatic heterocycles. The third-order valence-corrected chi connectivity index (χ3v) is 3.58. The van der Waals surface area contributed by atoms with E-state index >= 15 is 0 Å². The van der Waals surface area contributed by atoms with Crippen LogP contribution in [0.4, 0.5) is 0 Å². The van der Waals surface area contributed by atoms with Gasteiger partial charge in [-0.05, 0) is 12.1 Å². The summed E-state index contributed by atoms with van der Waals surface area (Å²) in [6, 6.07) is 3.09. The molecule has 0 unspecified atom stereocenters. The Bertz CT molecular complexity index is 583. The minimum atomic E-state index is -1.01. The average molecular weight is 310 g/mol. The van der Waals surface area contributed by atoms with Crippen molar-refractivity contribution in [1.82, 2.24) is 0 Å². The van der Waals surface area contributed by atoms with E-state index in [1.807, 2.05) is 0 Å². The lowest BCUT2D eigenvalue weighted by Gasteiger charge is -2.31. The van der Waals surface area contributed by atoms with Gasteiger partial charge in [-0.25, -0.2) is 4.79 Å². The van der Waals surface area contributed by atoms with Gasteiger partial charge in [-0.2, -0.15) is 0 Å². The lowest BCUT2D eigenvalue weighted by molar-refractivity contribution is -0.144. The fourth-order valence-electron chi connectivity index (χ4n) is 2.53. The Morgan fingerprint density at radius 1 is 1.23 bits per heavy atom. The maximum atomic E-state index is 11.9. The van der Waals surface area contributed by atoms with Gasteiger partial charge in [0.25, 0.3) is 5.79 Å². The summed E-state index contributed by atoms with van der Waals surface area (Å²) in [5, 5.41) is 0. The van der Waals surface area contributed by atoms with Crippen molar-refractivity contribution in [2.24, 2.45) is 11.5 Å². The molecule has 1 saturated heterocycles. The lowest BCUT2D eigenvalue weighted by Crippen LogP contribution is -2.44. The minimum Gasteiger partial charge on any atom is -0.465 e. The Hall–Kier alpha value is -2.03. The summed E-state index contributed by atoms with van der Waals surface area (Å²) in [5.74, 6) is -0.465. The number of nitrogens with two attached hydrogens (primary N) is 2. The lowest BCUT2D eigenvalue weighted by atomic mass is 10.1. The molecule has 1 spiro atoms. The van der Waals surface area contributed by atoms with Crippen molar-refractivity contribution in [1.29, 1.82) is 0 Å². The van der Waals surface area contributed by atoms with Gasteiger partial charge in [-0.15, -0.1) is 0 Å². The average Bonchev–Trinajstić information content (AvgIpc) is 2.86. The van der Waals surface area contributed by atoms with Crippen molar-refractivity contribution in [2.45, 2.75) is 25.0 Å². The zero-order valence-electron chi connectivity index (χ0n) is 12.2. The van der Waals surface area contributed by atoms with Crippen LogP contribution in [0.15, 0.2) is 12.1 Å². The molecule has 0 saturated carbocycles. The van der Waals surface area contributed by atoms with E-state index < -0.39 is 18.1 Å². The number of fused-ring (bicyclic) bond motifs is 1. The van der Waals surface area contributed by atoms with Gasteiger partial charge in [0.05, 0.1) is 20.3 Å². The van der Waals surface area contributed by atoms with Gasteiger partial charge in [0, 0.05) is 12.8 Å². The van der Waals surface area contributed by atoms with Crippen LogP contribution in [-0.4, -0.2) is 38.4 Å². The highest BCUT2D eigenvalue weighted by molar-refractivity contribution is 5.94. The normalized spacial score (nSPS) is 18.5. The van der Waals surface area contributed by atoms with E-state index in [4.69, 9.17) is 35.2 Å². The van der Waals surface area contributed by atoms with Crippen molar-refractivity contribution in [2.75, 3.05) is 20.3 Å². The largest absolute Gasteiger partial charge is 0.465 e. The van der Waals surface area contributed by atoms with Crippen molar-refractivity contribution in [3.8, 4) is 17.2 Å². The van der Waals surface area contributed by atoms with Gasteiger partial charge in [-0.1, -0.05) is 0 Å². The number of carbonyl (C=O) groups excluding carboxylic acids is 1.